The van der Waals surface area contributed by atoms with Gasteiger partial charge in [0.1, 0.15) is 11.6 Å². The fraction of sp³-hybridized carbons (Fsp3) is 0.364. The molecule has 0 amide bonds. The molecule has 2 rings (SSSR count). The van der Waals surface area contributed by atoms with Gasteiger partial charge in [0, 0.05) is 7.11 Å². The van der Waals surface area contributed by atoms with Gasteiger partial charge in [0.15, 0.2) is 5.58 Å². The van der Waals surface area contributed by atoms with E-state index < -0.39 is 0 Å². The summed E-state index contributed by atoms with van der Waals surface area (Å²) in [6.07, 6.45) is 0. The molecule has 0 bridgehead atoms. The van der Waals surface area contributed by atoms with Crippen LogP contribution in [0.25, 0.3) is 11.1 Å². The van der Waals surface area contributed by atoms with Gasteiger partial charge >= 0.3 is 0 Å². The molecule has 80 valence electrons. The van der Waals surface area contributed by atoms with Crippen molar-refractivity contribution >= 4 is 11.1 Å². The van der Waals surface area contributed by atoms with Crippen LogP contribution in [0.15, 0.2) is 22.6 Å². The Labute approximate surface area is 88.0 Å². The van der Waals surface area contributed by atoms with E-state index in [4.69, 9.17) is 14.9 Å². The van der Waals surface area contributed by atoms with E-state index in [1.54, 1.807) is 7.11 Å². The Morgan fingerprint density at radius 1 is 1.53 bits per heavy atom. The van der Waals surface area contributed by atoms with E-state index in [0.717, 1.165) is 16.7 Å². The second-order valence-electron chi connectivity index (χ2n) is 3.54. The van der Waals surface area contributed by atoms with E-state index in [1.807, 2.05) is 25.1 Å². The zero-order chi connectivity index (χ0) is 10.8. The van der Waals surface area contributed by atoms with Gasteiger partial charge < -0.3 is 14.9 Å². The summed E-state index contributed by atoms with van der Waals surface area (Å²) in [6, 6.07) is 5.54. The molecule has 2 N–H and O–H groups in total. The molecule has 0 aliphatic rings. The first-order chi connectivity index (χ1) is 7.22. The van der Waals surface area contributed by atoms with Crippen molar-refractivity contribution in [3.8, 4) is 0 Å². The molecule has 4 heteroatoms. The third-order valence-electron chi connectivity index (χ3n) is 2.29. The van der Waals surface area contributed by atoms with Crippen LogP contribution in [0, 0.1) is 6.92 Å². The van der Waals surface area contributed by atoms with Crippen LogP contribution in [0.5, 0.6) is 0 Å². The fourth-order valence-corrected chi connectivity index (χ4v) is 1.51. The van der Waals surface area contributed by atoms with Gasteiger partial charge in [-0.3, -0.25) is 0 Å². The van der Waals surface area contributed by atoms with Gasteiger partial charge in [-0.15, -0.1) is 0 Å². The predicted octanol–water partition coefficient (Wildman–Crippen LogP) is 1.78. The molecule has 1 heterocycles. The highest BCUT2D eigenvalue weighted by Crippen LogP contribution is 2.21. The fourth-order valence-electron chi connectivity index (χ4n) is 1.51. The summed E-state index contributed by atoms with van der Waals surface area (Å²) in [5, 5.41) is 0. The average molecular weight is 206 g/mol. The topological polar surface area (TPSA) is 61.3 Å². The lowest BCUT2D eigenvalue weighted by molar-refractivity contribution is 0.171. The summed E-state index contributed by atoms with van der Waals surface area (Å²) >= 11 is 0. The number of hydrogen-bond acceptors (Lipinski definition) is 4. The van der Waals surface area contributed by atoms with E-state index in [-0.39, 0.29) is 6.04 Å². The van der Waals surface area contributed by atoms with Crippen molar-refractivity contribution in [2.24, 2.45) is 5.73 Å². The molecule has 1 unspecified atom stereocenters. The van der Waals surface area contributed by atoms with Gasteiger partial charge in [0.2, 0.25) is 5.89 Å². The minimum absolute atomic E-state index is 0.304. The third kappa shape index (κ3) is 1.86. The van der Waals surface area contributed by atoms with Crippen molar-refractivity contribution in [1.82, 2.24) is 4.98 Å². The smallest absolute Gasteiger partial charge is 0.214 e. The largest absolute Gasteiger partial charge is 0.439 e. The number of fused-ring (bicyclic) bond motifs is 1. The van der Waals surface area contributed by atoms with Crippen LogP contribution in [-0.4, -0.2) is 18.7 Å². The highest BCUT2D eigenvalue weighted by Gasteiger charge is 2.14. The summed E-state index contributed by atoms with van der Waals surface area (Å²) in [4.78, 5) is 4.32. The number of rotatable bonds is 3. The van der Waals surface area contributed by atoms with Crippen molar-refractivity contribution in [1.29, 1.82) is 0 Å². The predicted molar refractivity (Wildman–Crippen MR) is 57.6 cm³/mol. The van der Waals surface area contributed by atoms with Crippen molar-refractivity contribution in [2.45, 2.75) is 13.0 Å². The van der Waals surface area contributed by atoms with E-state index in [0.29, 0.717) is 12.5 Å². The van der Waals surface area contributed by atoms with E-state index in [1.165, 1.54) is 0 Å². The Bertz CT molecular complexity index is 465. The number of hydrogen-bond donors (Lipinski definition) is 1. The minimum atomic E-state index is -0.304. The Balaban J connectivity index is 2.43. The maximum absolute atomic E-state index is 5.84. The maximum Gasteiger partial charge on any atom is 0.214 e. The van der Waals surface area contributed by atoms with Crippen LogP contribution in [0.3, 0.4) is 0 Å². The summed E-state index contributed by atoms with van der Waals surface area (Å²) in [5.41, 5.74) is 8.55. The lowest BCUT2D eigenvalue weighted by Crippen LogP contribution is -2.16. The number of aryl methyl sites for hydroxylation is 1. The molecule has 15 heavy (non-hydrogen) atoms. The van der Waals surface area contributed by atoms with Crippen LogP contribution in [0.4, 0.5) is 0 Å². The van der Waals surface area contributed by atoms with Gasteiger partial charge in [0.25, 0.3) is 0 Å². The zero-order valence-corrected chi connectivity index (χ0v) is 8.86. The summed E-state index contributed by atoms with van der Waals surface area (Å²) in [6.45, 7) is 2.39. The normalized spacial score (nSPS) is 13.3. The van der Waals surface area contributed by atoms with Gasteiger partial charge in [-0.05, 0) is 18.6 Å². The van der Waals surface area contributed by atoms with Gasteiger partial charge in [-0.25, -0.2) is 4.98 Å². The van der Waals surface area contributed by atoms with Gasteiger partial charge in [0.05, 0.1) is 6.61 Å². The Morgan fingerprint density at radius 3 is 3.00 bits per heavy atom. The molecule has 1 atom stereocenters. The van der Waals surface area contributed by atoms with Crippen LogP contribution in [0.2, 0.25) is 0 Å². The van der Waals surface area contributed by atoms with Crippen molar-refractivity contribution in [3.05, 3.63) is 29.7 Å². The number of para-hydroxylation sites is 1. The van der Waals surface area contributed by atoms with Crippen molar-refractivity contribution < 1.29 is 9.15 Å². The zero-order valence-electron chi connectivity index (χ0n) is 8.86. The molecule has 0 spiro atoms. The molecular formula is C11H14N2O2. The molecule has 0 fully saturated rings. The van der Waals surface area contributed by atoms with Crippen molar-refractivity contribution in [2.75, 3.05) is 13.7 Å². The lowest BCUT2D eigenvalue weighted by Gasteiger charge is -2.03. The lowest BCUT2D eigenvalue weighted by atomic mass is 10.2. The third-order valence-corrected chi connectivity index (χ3v) is 2.29. The van der Waals surface area contributed by atoms with Crippen LogP contribution >= 0.6 is 0 Å². The molecule has 0 saturated carbocycles. The Hall–Kier alpha value is -1.39. The monoisotopic (exact) mass is 206 g/mol. The molecular weight excluding hydrogens is 192 g/mol. The van der Waals surface area contributed by atoms with Gasteiger partial charge in [-0.1, -0.05) is 12.1 Å². The minimum Gasteiger partial charge on any atom is -0.439 e. The molecule has 2 aromatic rings. The van der Waals surface area contributed by atoms with Gasteiger partial charge in [-0.2, -0.15) is 0 Å². The summed E-state index contributed by atoms with van der Waals surface area (Å²) in [7, 11) is 1.60. The first-order valence-electron chi connectivity index (χ1n) is 4.83. The second kappa shape index (κ2) is 4.00. The Kier molecular flexibility index (Phi) is 2.70. The first kappa shape index (κ1) is 10.1. The SMILES string of the molecule is COCC(N)c1nc2cccc(C)c2o1. The van der Waals surface area contributed by atoms with Crippen LogP contribution in [-0.2, 0) is 4.74 Å². The van der Waals surface area contributed by atoms with Crippen molar-refractivity contribution in [3.63, 3.8) is 0 Å². The number of oxazole rings is 1. The molecule has 0 saturated heterocycles. The second-order valence-corrected chi connectivity index (χ2v) is 3.54. The number of methoxy groups -OCH3 is 1. The number of ether oxygens (including phenoxy) is 1. The Morgan fingerprint density at radius 2 is 2.33 bits per heavy atom. The quantitative estimate of drug-likeness (QED) is 0.831. The average Bonchev–Trinajstić information content (AvgIpc) is 2.63. The van der Waals surface area contributed by atoms with E-state index in [2.05, 4.69) is 4.98 Å². The van der Waals surface area contributed by atoms with Crippen LogP contribution in [0.1, 0.15) is 17.5 Å². The molecule has 4 nitrogen and oxygen atoms in total. The number of nitrogens with zero attached hydrogens (tertiary/aromatic N) is 1. The van der Waals surface area contributed by atoms with E-state index in [9.17, 15) is 0 Å². The first-order valence-corrected chi connectivity index (χ1v) is 4.83. The standard InChI is InChI=1S/C11H14N2O2/c1-7-4-3-5-9-10(7)15-11(13-9)8(12)6-14-2/h3-5,8H,6,12H2,1-2H3. The number of nitrogens with two attached hydrogens (primary N) is 1. The molecule has 0 aliphatic carbocycles. The summed E-state index contributed by atoms with van der Waals surface area (Å²) in [5.74, 6) is 0.529. The molecule has 0 aliphatic heterocycles. The highest BCUT2D eigenvalue weighted by atomic mass is 16.5. The summed E-state index contributed by atoms with van der Waals surface area (Å²) < 4.78 is 10.6. The van der Waals surface area contributed by atoms with E-state index >= 15 is 0 Å². The maximum atomic E-state index is 5.84. The van der Waals surface area contributed by atoms with Crippen LogP contribution < -0.4 is 5.73 Å². The highest BCUT2D eigenvalue weighted by molar-refractivity contribution is 5.76. The number of benzene rings is 1. The molecule has 1 aromatic carbocycles. The number of aromatic nitrogens is 1. The molecule has 1 aromatic heterocycles. The molecule has 0 radical (unpaired) electrons.